The van der Waals surface area contributed by atoms with Crippen LogP contribution >= 0.6 is 28.3 Å². The maximum Gasteiger partial charge on any atom is 0.407 e. The lowest BCUT2D eigenvalue weighted by Crippen LogP contribution is -2.35. The van der Waals surface area contributed by atoms with Crippen LogP contribution in [-0.2, 0) is 4.74 Å². The number of alkyl carbamates (subject to hydrolysis) is 1. The molecule has 0 saturated carbocycles. The number of cyclic esters (lactones) is 1. The Kier molecular flexibility index (Phi) is 5.75. The second-order valence-electron chi connectivity index (χ2n) is 3.85. The third kappa shape index (κ3) is 3.45. The molecule has 0 spiro atoms. The van der Waals surface area contributed by atoms with Gasteiger partial charge < -0.3 is 19.5 Å². The first-order valence-electron chi connectivity index (χ1n) is 5.50. The second-order valence-corrected chi connectivity index (χ2v) is 4.70. The van der Waals surface area contributed by atoms with E-state index in [9.17, 15) is 4.79 Å². The molecule has 5 nitrogen and oxygen atoms in total. The fraction of sp³-hybridized carbons (Fsp3) is 0.417. The summed E-state index contributed by atoms with van der Waals surface area (Å²) in [6, 6.07) is 3.57. The molecule has 7 heteroatoms. The number of nitrogens with one attached hydrogen (secondary N) is 1. The van der Waals surface area contributed by atoms with Crippen LogP contribution < -0.4 is 14.8 Å². The first-order chi connectivity index (χ1) is 8.65. The number of hydrogen-bond donors (Lipinski definition) is 1. The van der Waals surface area contributed by atoms with Gasteiger partial charge in [0.25, 0.3) is 0 Å². The minimum atomic E-state index is -0.407. The molecule has 0 radical (unpaired) electrons. The van der Waals surface area contributed by atoms with Gasteiger partial charge >= 0.3 is 6.09 Å². The molecule has 0 unspecified atom stereocenters. The van der Waals surface area contributed by atoms with Gasteiger partial charge in [0.05, 0.1) is 31.3 Å². The summed E-state index contributed by atoms with van der Waals surface area (Å²) in [6.45, 7) is 0.401. The van der Waals surface area contributed by atoms with Crippen molar-refractivity contribution in [3.63, 3.8) is 0 Å². The number of hydrogen-bond acceptors (Lipinski definition) is 4. The van der Waals surface area contributed by atoms with E-state index in [1.807, 2.05) is 12.1 Å². The topological polar surface area (TPSA) is 56.8 Å². The van der Waals surface area contributed by atoms with Gasteiger partial charge in [0, 0.05) is 12.0 Å². The molecule has 1 aliphatic rings. The van der Waals surface area contributed by atoms with Crippen LogP contribution in [0.5, 0.6) is 11.5 Å². The van der Waals surface area contributed by atoms with Crippen molar-refractivity contribution in [2.24, 2.45) is 0 Å². The molecule has 1 aromatic carbocycles. The van der Waals surface area contributed by atoms with Gasteiger partial charge in [-0.3, -0.25) is 0 Å². The minimum Gasteiger partial charge on any atom is -0.496 e. The predicted octanol–water partition coefficient (Wildman–Crippen LogP) is 3.06. The van der Waals surface area contributed by atoms with Crippen LogP contribution in [0.4, 0.5) is 4.79 Å². The summed E-state index contributed by atoms with van der Waals surface area (Å²) in [5.41, 5.74) is 0.884. The molecule has 0 aliphatic carbocycles. The zero-order valence-corrected chi connectivity index (χ0v) is 13.0. The van der Waals surface area contributed by atoms with Gasteiger partial charge in [-0.15, -0.1) is 12.4 Å². The van der Waals surface area contributed by atoms with E-state index in [1.165, 1.54) is 0 Å². The number of halogens is 2. The van der Waals surface area contributed by atoms with Crippen LogP contribution in [0.2, 0.25) is 0 Å². The van der Waals surface area contributed by atoms with Crippen LogP contribution in [0.25, 0.3) is 0 Å². The lowest BCUT2D eigenvalue weighted by molar-refractivity contribution is 0.115. The Morgan fingerprint density at radius 1 is 1.32 bits per heavy atom. The Hall–Kier alpha value is -1.14. The van der Waals surface area contributed by atoms with E-state index < -0.39 is 6.09 Å². The molecular weight excluding hydrogens is 337 g/mol. The molecule has 1 aliphatic heterocycles. The fourth-order valence-corrected chi connectivity index (χ4v) is 2.40. The third-order valence-electron chi connectivity index (χ3n) is 2.81. The van der Waals surface area contributed by atoms with Gasteiger partial charge in [-0.25, -0.2) is 4.79 Å². The van der Waals surface area contributed by atoms with Gasteiger partial charge in [-0.05, 0) is 28.1 Å². The second kappa shape index (κ2) is 6.86. The molecule has 1 N–H and O–H groups in total. The minimum absolute atomic E-state index is 0. The third-order valence-corrected chi connectivity index (χ3v) is 3.43. The Morgan fingerprint density at radius 3 is 2.58 bits per heavy atom. The molecule has 0 bridgehead atoms. The fourth-order valence-electron chi connectivity index (χ4n) is 1.92. The zero-order chi connectivity index (χ0) is 13.1. The van der Waals surface area contributed by atoms with Crippen LogP contribution in [0.3, 0.4) is 0 Å². The average molecular weight is 353 g/mol. The van der Waals surface area contributed by atoms with Gasteiger partial charge in [0.15, 0.2) is 0 Å². The van der Waals surface area contributed by atoms with Gasteiger partial charge in [0.2, 0.25) is 0 Å². The van der Waals surface area contributed by atoms with E-state index in [0.29, 0.717) is 24.5 Å². The summed E-state index contributed by atoms with van der Waals surface area (Å²) in [5.74, 6) is 1.40. The summed E-state index contributed by atoms with van der Waals surface area (Å²) in [6.07, 6.45) is 0.294. The van der Waals surface area contributed by atoms with Crippen molar-refractivity contribution in [3.05, 3.63) is 22.2 Å². The largest absolute Gasteiger partial charge is 0.496 e. The van der Waals surface area contributed by atoms with E-state index in [1.54, 1.807) is 14.2 Å². The van der Waals surface area contributed by atoms with Crippen molar-refractivity contribution in [2.45, 2.75) is 12.5 Å². The Labute approximate surface area is 126 Å². The van der Waals surface area contributed by atoms with Gasteiger partial charge in [-0.1, -0.05) is 0 Å². The summed E-state index contributed by atoms with van der Waals surface area (Å²) in [5, 5.41) is 2.77. The first-order valence-corrected chi connectivity index (χ1v) is 6.29. The van der Waals surface area contributed by atoms with E-state index >= 15 is 0 Å². The molecular formula is C12H15BrClNO4. The average Bonchev–Trinajstić information content (AvgIpc) is 2.38. The smallest absolute Gasteiger partial charge is 0.407 e. The van der Waals surface area contributed by atoms with Crippen molar-refractivity contribution in [3.8, 4) is 11.5 Å². The van der Waals surface area contributed by atoms with Crippen LogP contribution in [0.1, 0.15) is 18.0 Å². The molecule has 1 heterocycles. The number of amides is 1. The monoisotopic (exact) mass is 351 g/mol. The Morgan fingerprint density at radius 2 is 2.00 bits per heavy atom. The molecule has 1 saturated heterocycles. The maximum absolute atomic E-state index is 11.3. The maximum atomic E-state index is 11.3. The normalized spacial score (nSPS) is 17.8. The number of carbonyl (C=O) groups excluding carboxylic acids is 1. The highest BCUT2D eigenvalue weighted by molar-refractivity contribution is 9.10. The lowest BCUT2D eigenvalue weighted by Gasteiger charge is -2.25. The van der Waals surface area contributed by atoms with Crippen molar-refractivity contribution in [1.29, 1.82) is 0 Å². The van der Waals surface area contributed by atoms with Crippen molar-refractivity contribution in [1.82, 2.24) is 5.32 Å². The molecule has 19 heavy (non-hydrogen) atoms. The first kappa shape index (κ1) is 15.9. The molecule has 1 fully saturated rings. The standard InChI is InChI=1S/C12H14BrNO4.ClH/c1-16-10-6-8(13)11(17-2)5-7(10)9-3-4-18-12(15)14-9;/h5-6,9H,3-4H2,1-2H3,(H,14,15);1H/t9-;/m1./s1. The summed E-state index contributed by atoms with van der Waals surface area (Å²) in [4.78, 5) is 11.3. The lowest BCUT2D eigenvalue weighted by atomic mass is 10.0. The SMILES string of the molecule is COc1cc([C@H]2CCOC(=O)N2)c(OC)cc1Br.Cl. The molecule has 0 aromatic heterocycles. The van der Waals surface area contributed by atoms with Gasteiger partial charge in [0.1, 0.15) is 11.5 Å². The quantitative estimate of drug-likeness (QED) is 0.908. The van der Waals surface area contributed by atoms with E-state index in [0.717, 1.165) is 10.0 Å². The molecule has 1 aromatic rings. The summed E-state index contributed by atoms with van der Waals surface area (Å²) >= 11 is 3.40. The van der Waals surface area contributed by atoms with Crippen molar-refractivity contribution < 1.29 is 19.0 Å². The van der Waals surface area contributed by atoms with Crippen LogP contribution in [-0.4, -0.2) is 26.9 Å². The summed E-state index contributed by atoms with van der Waals surface area (Å²) in [7, 11) is 3.19. The van der Waals surface area contributed by atoms with Crippen LogP contribution in [0, 0.1) is 0 Å². The number of methoxy groups -OCH3 is 2. The Balaban J connectivity index is 0.00000180. The van der Waals surface area contributed by atoms with Gasteiger partial charge in [-0.2, -0.15) is 0 Å². The highest BCUT2D eigenvalue weighted by Gasteiger charge is 2.24. The van der Waals surface area contributed by atoms with Crippen molar-refractivity contribution >= 4 is 34.4 Å². The molecule has 1 atom stereocenters. The number of carbonyl (C=O) groups is 1. The number of ether oxygens (including phenoxy) is 3. The predicted molar refractivity (Wildman–Crippen MR) is 76.3 cm³/mol. The number of benzene rings is 1. The van der Waals surface area contributed by atoms with E-state index in [-0.39, 0.29) is 18.4 Å². The molecule has 2 rings (SSSR count). The van der Waals surface area contributed by atoms with Crippen LogP contribution in [0.15, 0.2) is 16.6 Å². The Bertz CT molecular complexity index is 469. The zero-order valence-electron chi connectivity index (χ0n) is 10.6. The van der Waals surface area contributed by atoms with E-state index in [4.69, 9.17) is 14.2 Å². The highest BCUT2D eigenvalue weighted by atomic mass is 79.9. The number of rotatable bonds is 3. The van der Waals surface area contributed by atoms with E-state index in [2.05, 4.69) is 21.2 Å². The molecule has 106 valence electrons. The summed E-state index contributed by atoms with van der Waals surface area (Å²) < 4.78 is 16.3. The molecule has 1 amide bonds. The van der Waals surface area contributed by atoms with Crippen molar-refractivity contribution in [2.75, 3.05) is 20.8 Å². The highest BCUT2D eigenvalue weighted by Crippen LogP contribution is 2.37.